The van der Waals surface area contributed by atoms with E-state index in [9.17, 15) is 4.79 Å². The van der Waals surface area contributed by atoms with Crippen molar-refractivity contribution in [1.82, 2.24) is 10.2 Å². The fourth-order valence-electron chi connectivity index (χ4n) is 5.96. The van der Waals surface area contributed by atoms with Gasteiger partial charge in [-0.15, -0.1) is 6.58 Å². The molecule has 1 saturated carbocycles. The fraction of sp³-hybridized carbons (Fsp3) is 0.464. The number of rotatable bonds is 8. The van der Waals surface area contributed by atoms with Crippen LogP contribution in [0.1, 0.15) is 42.6 Å². The van der Waals surface area contributed by atoms with Gasteiger partial charge in [-0.05, 0) is 69.0 Å². The highest BCUT2D eigenvalue weighted by molar-refractivity contribution is 5.92. The number of likely N-dealkylation sites (tertiary alicyclic amines) is 1. The maximum atomic E-state index is 12.8. The SMILES string of the molecule is C=CCN1CC[C@@]2(c3cccc(OC)c3)C[C@H](NC(=O)/C=C/c3ccoc3C)CC[C@]2(OC)C1. The highest BCUT2D eigenvalue weighted by atomic mass is 16.5. The minimum atomic E-state index is -0.342. The molecule has 1 amide bonds. The molecule has 4 rings (SSSR count). The number of furan rings is 1. The third-order valence-electron chi connectivity index (χ3n) is 7.76. The summed E-state index contributed by atoms with van der Waals surface area (Å²) >= 11 is 0. The lowest BCUT2D eigenvalue weighted by atomic mass is 9.55. The van der Waals surface area contributed by atoms with Gasteiger partial charge in [0.15, 0.2) is 0 Å². The van der Waals surface area contributed by atoms with E-state index in [1.54, 1.807) is 19.4 Å². The first-order valence-corrected chi connectivity index (χ1v) is 12.0. The molecule has 2 heterocycles. The molecule has 0 spiro atoms. The number of hydrogen-bond acceptors (Lipinski definition) is 5. The van der Waals surface area contributed by atoms with Crippen molar-refractivity contribution in [3.8, 4) is 5.75 Å². The lowest BCUT2D eigenvalue weighted by Crippen LogP contribution is -2.67. The van der Waals surface area contributed by atoms with Crippen LogP contribution in [0.4, 0.5) is 0 Å². The third-order valence-corrected chi connectivity index (χ3v) is 7.76. The van der Waals surface area contributed by atoms with Gasteiger partial charge in [-0.2, -0.15) is 0 Å². The van der Waals surface area contributed by atoms with E-state index < -0.39 is 0 Å². The van der Waals surface area contributed by atoms with Crippen LogP contribution in [0.3, 0.4) is 0 Å². The second-order valence-corrected chi connectivity index (χ2v) is 9.50. The van der Waals surface area contributed by atoms with Crippen LogP contribution in [0.15, 0.2) is 59.7 Å². The number of hydrogen-bond donors (Lipinski definition) is 1. The number of amides is 1. The Morgan fingerprint density at radius 1 is 1.32 bits per heavy atom. The van der Waals surface area contributed by atoms with E-state index in [-0.39, 0.29) is 23.0 Å². The molecule has 0 unspecified atom stereocenters. The molecular formula is C28H36N2O4. The number of benzene rings is 1. The van der Waals surface area contributed by atoms with Crippen molar-refractivity contribution in [2.75, 3.05) is 33.9 Å². The average molecular weight is 465 g/mol. The molecule has 2 fully saturated rings. The Morgan fingerprint density at radius 3 is 2.88 bits per heavy atom. The number of ether oxygens (including phenoxy) is 2. The summed E-state index contributed by atoms with van der Waals surface area (Å²) in [6.07, 6.45) is 10.5. The van der Waals surface area contributed by atoms with Crippen LogP contribution in [0.5, 0.6) is 5.75 Å². The van der Waals surface area contributed by atoms with Gasteiger partial charge >= 0.3 is 0 Å². The van der Waals surface area contributed by atoms with Crippen LogP contribution >= 0.6 is 0 Å². The van der Waals surface area contributed by atoms with E-state index in [1.165, 1.54) is 5.56 Å². The minimum Gasteiger partial charge on any atom is -0.497 e. The molecule has 1 N–H and O–H groups in total. The van der Waals surface area contributed by atoms with Gasteiger partial charge in [0.2, 0.25) is 5.91 Å². The normalized spacial score (nSPS) is 27.3. The molecule has 3 atom stereocenters. The van der Waals surface area contributed by atoms with E-state index >= 15 is 0 Å². The number of carbonyl (C=O) groups is 1. The van der Waals surface area contributed by atoms with Crippen molar-refractivity contribution in [3.63, 3.8) is 0 Å². The number of carbonyl (C=O) groups excluding carboxylic acids is 1. The molecule has 2 aliphatic rings. The summed E-state index contributed by atoms with van der Waals surface area (Å²) in [6, 6.07) is 10.3. The van der Waals surface area contributed by atoms with Crippen molar-refractivity contribution in [1.29, 1.82) is 0 Å². The van der Waals surface area contributed by atoms with Gasteiger partial charge in [-0.25, -0.2) is 0 Å². The zero-order valence-electron chi connectivity index (χ0n) is 20.5. The lowest BCUT2D eigenvalue weighted by Gasteiger charge is -2.59. The Hall–Kier alpha value is -2.83. The predicted molar refractivity (Wildman–Crippen MR) is 134 cm³/mol. The topological polar surface area (TPSA) is 63.9 Å². The second-order valence-electron chi connectivity index (χ2n) is 9.50. The minimum absolute atomic E-state index is 0.0584. The van der Waals surface area contributed by atoms with Crippen LogP contribution in [0.2, 0.25) is 0 Å². The molecule has 1 aliphatic heterocycles. The van der Waals surface area contributed by atoms with Gasteiger partial charge in [0, 0.05) is 43.3 Å². The molecule has 6 nitrogen and oxygen atoms in total. The van der Waals surface area contributed by atoms with Gasteiger partial charge in [-0.1, -0.05) is 18.2 Å². The molecule has 1 aromatic carbocycles. The molecule has 6 heteroatoms. The number of piperidine rings is 1. The molecule has 1 aromatic heterocycles. The van der Waals surface area contributed by atoms with Crippen molar-refractivity contribution in [3.05, 3.63) is 72.2 Å². The van der Waals surface area contributed by atoms with E-state index in [2.05, 4.69) is 35.0 Å². The van der Waals surface area contributed by atoms with E-state index in [4.69, 9.17) is 13.9 Å². The van der Waals surface area contributed by atoms with Crippen molar-refractivity contribution >= 4 is 12.0 Å². The second kappa shape index (κ2) is 10.2. The van der Waals surface area contributed by atoms with Crippen LogP contribution in [0.25, 0.3) is 6.08 Å². The smallest absolute Gasteiger partial charge is 0.244 e. The number of fused-ring (bicyclic) bond motifs is 1. The van der Waals surface area contributed by atoms with Gasteiger partial charge in [0.05, 0.1) is 19.0 Å². The zero-order valence-corrected chi connectivity index (χ0v) is 20.5. The Morgan fingerprint density at radius 2 is 2.18 bits per heavy atom. The maximum Gasteiger partial charge on any atom is 0.244 e. The van der Waals surface area contributed by atoms with Gasteiger partial charge < -0.3 is 19.2 Å². The van der Waals surface area contributed by atoms with Crippen LogP contribution < -0.4 is 10.1 Å². The molecule has 182 valence electrons. The summed E-state index contributed by atoms with van der Waals surface area (Å²) in [6.45, 7) is 8.46. The quantitative estimate of drug-likeness (QED) is 0.461. The van der Waals surface area contributed by atoms with E-state index in [0.29, 0.717) is 0 Å². The predicted octanol–water partition coefficient (Wildman–Crippen LogP) is 4.49. The van der Waals surface area contributed by atoms with Crippen LogP contribution in [-0.2, 0) is 14.9 Å². The molecule has 0 radical (unpaired) electrons. The first-order chi connectivity index (χ1) is 16.4. The average Bonchev–Trinajstić information content (AvgIpc) is 3.27. The summed E-state index contributed by atoms with van der Waals surface area (Å²) in [5.41, 5.74) is 1.57. The molecule has 1 aliphatic carbocycles. The largest absolute Gasteiger partial charge is 0.497 e. The lowest BCUT2D eigenvalue weighted by molar-refractivity contribution is -0.148. The Balaban J connectivity index is 1.61. The summed E-state index contributed by atoms with van der Waals surface area (Å²) < 4.78 is 17.3. The molecule has 34 heavy (non-hydrogen) atoms. The number of nitrogens with zero attached hydrogens (tertiary/aromatic N) is 1. The number of aryl methyl sites for hydroxylation is 1. The summed E-state index contributed by atoms with van der Waals surface area (Å²) in [5.74, 6) is 1.56. The highest BCUT2D eigenvalue weighted by Crippen LogP contribution is 2.53. The van der Waals surface area contributed by atoms with Crippen molar-refractivity contribution in [2.45, 2.75) is 49.7 Å². The van der Waals surface area contributed by atoms with E-state index in [0.717, 1.165) is 62.4 Å². The van der Waals surface area contributed by atoms with Crippen LogP contribution in [-0.4, -0.2) is 56.3 Å². The van der Waals surface area contributed by atoms with E-state index in [1.807, 2.05) is 38.3 Å². The fourth-order valence-corrected chi connectivity index (χ4v) is 5.96. The maximum absolute atomic E-state index is 12.8. The first-order valence-electron chi connectivity index (χ1n) is 12.0. The number of nitrogens with one attached hydrogen (secondary N) is 1. The third kappa shape index (κ3) is 4.57. The summed E-state index contributed by atoms with van der Waals surface area (Å²) in [7, 11) is 3.53. The standard InChI is InChI=1S/C28H36N2O4/c1-5-15-30-16-14-27(23-7-6-8-25(18-23)32-3)19-24(11-13-28(27,20-30)33-4)29-26(31)10-9-22-12-17-34-21(22)2/h5-10,12,17-18,24H,1,11,13-16,19-20H2,2-4H3,(H,29,31)/b10-9+/t24-,27+,28+/m1/s1. The van der Waals surface area contributed by atoms with Crippen molar-refractivity contribution in [2.24, 2.45) is 0 Å². The van der Waals surface area contributed by atoms with Gasteiger partial charge in [0.1, 0.15) is 11.5 Å². The molecule has 1 saturated heterocycles. The number of methoxy groups -OCH3 is 2. The van der Waals surface area contributed by atoms with Gasteiger partial charge in [-0.3, -0.25) is 9.69 Å². The Kier molecular flexibility index (Phi) is 7.29. The molecular weight excluding hydrogens is 428 g/mol. The van der Waals surface area contributed by atoms with Crippen LogP contribution in [0, 0.1) is 6.92 Å². The summed E-state index contributed by atoms with van der Waals surface area (Å²) in [5, 5.41) is 3.26. The zero-order chi connectivity index (χ0) is 24.2. The Labute approximate surface area is 202 Å². The summed E-state index contributed by atoms with van der Waals surface area (Å²) in [4.78, 5) is 15.2. The van der Waals surface area contributed by atoms with Gasteiger partial charge in [0.25, 0.3) is 0 Å². The van der Waals surface area contributed by atoms with Crippen molar-refractivity contribution < 1.29 is 18.7 Å². The molecule has 0 bridgehead atoms. The first kappa shape index (κ1) is 24.3. The Bertz CT molecular complexity index is 1040. The molecule has 2 aromatic rings. The monoisotopic (exact) mass is 464 g/mol. The highest BCUT2D eigenvalue weighted by Gasteiger charge is 2.58.